The van der Waals surface area contributed by atoms with Crippen molar-refractivity contribution in [1.82, 2.24) is 4.98 Å². The van der Waals surface area contributed by atoms with Crippen molar-refractivity contribution in [3.63, 3.8) is 0 Å². The number of rotatable bonds is 9. The van der Waals surface area contributed by atoms with E-state index in [-0.39, 0.29) is 17.8 Å². The maximum Gasteiger partial charge on any atom is 0.145 e. The van der Waals surface area contributed by atoms with Crippen LogP contribution in [0.15, 0.2) is 60.9 Å². The average molecular weight is 377 g/mol. The lowest BCUT2D eigenvalue weighted by molar-refractivity contribution is -0.119. The zero-order valence-corrected chi connectivity index (χ0v) is 16.6. The largest absolute Gasteiger partial charge is 0.378 e. The Morgan fingerprint density at radius 3 is 2.50 bits per heavy atom. The van der Waals surface area contributed by atoms with Crippen LogP contribution >= 0.6 is 0 Å². The van der Waals surface area contributed by atoms with E-state index in [0.29, 0.717) is 19.6 Å². The molecule has 3 aromatic rings. The van der Waals surface area contributed by atoms with E-state index in [9.17, 15) is 4.79 Å². The molecule has 3 rings (SSSR count). The smallest absolute Gasteiger partial charge is 0.145 e. The fraction of sp³-hybridized carbons (Fsp3) is 0.333. The van der Waals surface area contributed by atoms with Gasteiger partial charge < -0.3 is 10.5 Å². The molecule has 0 unspecified atom stereocenters. The van der Waals surface area contributed by atoms with Gasteiger partial charge in [-0.3, -0.25) is 9.78 Å². The molecule has 1 atom stereocenters. The first-order valence-corrected chi connectivity index (χ1v) is 9.82. The van der Waals surface area contributed by atoms with E-state index in [1.54, 1.807) is 6.20 Å². The standard InChI is InChI=1S/C24H28N2O2/c1-17(2)28-12-10-18-3-6-20(7-4-18)23(15-25)24(27)14-19-5-8-22-16-26-11-9-21(22)13-19/h3-9,11,13,16-17,23H,10,12,14-15,25H2,1-2H3/t23-/m1/s1. The van der Waals surface area contributed by atoms with Gasteiger partial charge >= 0.3 is 0 Å². The third-order valence-corrected chi connectivity index (χ3v) is 4.93. The molecule has 1 heterocycles. The van der Waals surface area contributed by atoms with Gasteiger partial charge in [0.2, 0.25) is 0 Å². The SMILES string of the molecule is CC(C)OCCc1ccc([C@@H](CN)C(=O)Cc2ccc3cnccc3c2)cc1. The van der Waals surface area contributed by atoms with E-state index in [1.807, 2.05) is 50.4 Å². The monoisotopic (exact) mass is 376 g/mol. The zero-order valence-electron chi connectivity index (χ0n) is 16.6. The molecule has 0 aliphatic carbocycles. The second-order valence-electron chi connectivity index (χ2n) is 7.40. The summed E-state index contributed by atoms with van der Waals surface area (Å²) in [6.07, 6.45) is 5.09. The fourth-order valence-corrected chi connectivity index (χ4v) is 3.35. The summed E-state index contributed by atoms with van der Waals surface area (Å²) in [4.78, 5) is 17.0. The van der Waals surface area contributed by atoms with Crippen molar-refractivity contribution >= 4 is 16.6 Å². The lowest BCUT2D eigenvalue weighted by Crippen LogP contribution is -2.23. The van der Waals surface area contributed by atoms with Crippen LogP contribution < -0.4 is 5.73 Å². The van der Waals surface area contributed by atoms with Crippen molar-refractivity contribution < 1.29 is 9.53 Å². The van der Waals surface area contributed by atoms with Gasteiger partial charge in [0.1, 0.15) is 5.78 Å². The molecule has 146 valence electrons. The van der Waals surface area contributed by atoms with E-state index in [4.69, 9.17) is 10.5 Å². The first-order valence-electron chi connectivity index (χ1n) is 9.82. The number of ketones is 1. The number of nitrogens with zero attached hydrogens (tertiary/aromatic N) is 1. The second-order valence-corrected chi connectivity index (χ2v) is 7.40. The van der Waals surface area contributed by atoms with E-state index in [2.05, 4.69) is 23.2 Å². The van der Waals surface area contributed by atoms with Crippen molar-refractivity contribution in [1.29, 1.82) is 0 Å². The summed E-state index contributed by atoms with van der Waals surface area (Å²) in [5.74, 6) is -0.138. The maximum absolute atomic E-state index is 12.9. The van der Waals surface area contributed by atoms with Crippen LogP contribution in [0.4, 0.5) is 0 Å². The highest BCUT2D eigenvalue weighted by molar-refractivity contribution is 5.89. The molecular formula is C24H28N2O2. The number of nitrogens with two attached hydrogens (primary N) is 1. The van der Waals surface area contributed by atoms with Crippen LogP contribution in [0.2, 0.25) is 0 Å². The Morgan fingerprint density at radius 1 is 1.04 bits per heavy atom. The molecule has 0 amide bonds. The van der Waals surface area contributed by atoms with Gasteiger partial charge in [0, 0.05) is 30.7 Å². The summed E-state index contributed by atoms with van der Waals surface area (Å²) in [7, 11) is 0. The van der Waals surface area contributed by atoms with Crippen LogP contribution in [-0.4, -0.2) is 30.0 Å². The summed E-state index contributed by atoms with van der Waals surface area (Å²) in [5, 5.41) is 2.17. The Morgan fingerprint density at radius 2 is 1.79 bits per heavy atom. The lowest BCUT2D eigenvalue weighted by atomic mass is 9.90. The summed E-state index contributed by atoms with van der Waals surface area (Å²) in [5.41, 5.74) is 9.14. The highest BCUT2D eigenvalue weighted by Crippen LogP contribution is 2.21. The van der Waals surface area contributed by atoms with E-state index < -0.39 is 0 Å². The van der Waals surface area contributed by atoms with Gasteiger partial charge in [0.25, 0.3) is 0 Å². The number of aromatic nitrogens is 1. The Bertz CT molecular complexity index is 919. The maximum atomic E-state index is 12.9. The molecular weight excluding hydrogens is 348 g/mol. The number of hydrogen-bond donors (Lipinski definition) is 1. The first kappa shape index (κ1) is 20.2. The highest BCUT2D eigenvalue weighted by Gasteiger charge is 2.19. The molecule has 2 aromatic carbocycles. The Balaban J connectivity index is 1.66. The summed E-state index contributed by atoms with van der Waals surface area (Å²) < 4.78 is 5.60. The van der Waals surface area contributed by atoms with E-state index in [0.717, 1.165) is 28.3 Å². The van der Waals surface area contributed by atoms with Crippen LogP contribution in [-0.2, 0) is 22.4 Å². The number of ether oxygens (including phenoxy) is 1. The van der Waals surface area contributed by atoms with Crippen molar-refractivity contribution in [3.8, 4) is 0 Å². The van der Waals surface area contributed by atoms with Gasteiger partial charge in [0.15, 0.2) is 0 Å². The Kier molecular flexibility index (Phi) is 6.90. The molecule has 2 N–H and O–H groups in total. The molecule has 0 bridgehead atoms. The van der Waals surface area contributed by atoms with Gasteiger partial charge in [-0.1, -0.05) is 42.5 Å². The molecule has 1 aromatic heterocycles. The van der Waals surface area contributed by atoms with Crippen LogP contribution in [0, 0.1) is 0 Å². The summed E-state index contributed by atoms with van der Waals surface area (Å²) >= 11 is 0. The molecule has 4 nitrogen and oxygen atoms in total. The number of hydrogen-bond acceptors (Lipinski definition) is 4. The second kappa shape index (κ2) is 9.58. The van der Waals surface area contributed by atoms with Crippen molar-refractivity contribution in [2.75, 3.05) is 13.2 Å². The van der Waals surface area contributed by atoms with Gasteiger partial charge in [0.05, 0.1) is 18.6 Å². The van der Waals surface area contributed by atoms with Crippen molar-refractivity contribution in [2.45, 2.75) is 38.7 Å². The van der Waals surface area contributed by atoms with Crippen LogP contribution in [0.1, 0.15) is 36.5 Å². The number of Topliss-reactive ketones (excluding diaryl/α,β-unsaturated/α-hetero) is 1. The minimum atomic E-state index is -0.283. The molecule has 0 aliphatic rings. The third kappa shape index (κ3) is 5.24. The minimum absolute atomic E-state index is 0.145. The third-order valence-electron chi connectivity index (χ3n) is 4.93. The lowest BCUT2D eigenvalue weighted by Gasteiger charge is -2.15. The average Bonchev–Trinajstić information content (AvgIpc) is 2.69. The normalized spacial score (nSPS) is 12.4. The molecule has 0 saturated heterocycles. The van der Waals surface area contributed by atoms with Crippen LogP contribution in [0.25, 0.3) is 10.8 Å². The van der Waals surface area contributed by atoms with Gasteiger partial charge in [-0.05, 0) is 48.4 Å². The topological polar surface area (TPSA) is 65.2 Å². The van der Waals surface area contributed by atoms with Crippen molar-refractivity contribution in [2.24, 2.45) is 5.73 Å². The molecule has 28 heavy (non-hydrogen) atoms. The van der Waals surface area contributed by atoms with Crippen molar-refractivity contribution in [3.05, 3.63) is 77.6 Å². The molecule has 0 fully saturated rings. The van der Waals surface area contributed by atoms with Gasteiger partial charge in [-0.25, -0.2) is 0 Å². The Hall–Kier alpha value is -2.56. The molecule has 0 aliphatic heterocycles. The number of fused-ring (bicyclic) bond motifs is 1. The quantitative estimate of drug-likeness (QED) is 0.612. The number of carbonyl (C=O) groups is 1. The van der Waals surface area contributed by atoms with Crippen LogP contribution in [0.3, 0.4) is 0 Å². The van der Waals surface area contributed by atoms with E-state index >= 15 is 0 Å². The minimum Gasteiger partial charge on any atom is -0.378 e. The molecule has 0 spiro atoms. The number of pyridine rings is 1. The molecule has 0 radical (unpaired) electrons. The number of benzene rings is 2. The molecule has 4 heteroatoms. The Labute approximate surface area is 166 Å². The zero-order chi connectivity index (χ0) is 19.9. The fourth-order valence-electron chi connectivity index (χ4n) is 3.35. The first-order chi connectivity index (χ1) is 13.6. The summed E-state index contributed by atoms with van der Waals surface area (Å²) in [6, 6.07) is 16.2. The molecule has 0 saturated carbocycles. The predicted molar refractivity (Wildman–Crippen MR) is 113 cm³/mol. The van der Waals surface area contributed by atoms with Crippen LogP contribution in [0.5, 0.6) is 0 Å². The van der Waals surface area contributed by atoms with Gasteiger partial charge in [-0.2, -0.15) is 0 Å². The predicted octanol–water partition coefficient (Wildman–Crippen LogP) is 4.06. The number of carbonyl (C=O) groups excluding carboxylic acids is 1. The van der Waals surface area contributed by atoms with E-state index in [1.165, 1.54) is 5.56 Å². The highest BCUT2D eigenvalue weighted by atomic mass is 16.5. The van der Waals surface area contributed by atoms with Gasteiger partial charge in [-0.15, -0.1) is 0 Å². The summed E-state index contributed by atoms with van der Waals surface area (Å²) in [6.45, 7) is 5.08.